The summed E-state index contributed by atoms with van der Waals surface area (Å²) in [5.74, 6) is -2.15. The first-order valence-electron chi connectivity index (χ1n) is 6.39. The molecule has 1 saturated heterocycles. The van der Waals surface area contributed by atoms with Crippen LogP contribution in [0.1, 0.15) is 5.56 Å². The van der Waals surface area contributed by atoms with E-state index in [9.17, 15) is 19.5 Å². The van der Waals surface area contributed by atoms with Gasteiger partial charge in [-0.25, -0.2) is 0 Å². The minimum atomic E-state index is -1.17. The molecule has 1 aliphatic rings. The van der Waals surface area contributed by atoms with Crippen LogP contribution in [0.2, 0.25) is 0 Å². The smallest absolute Gasteiger partial charge is 0.322 e. The highest BCUT2D eigenvalue weighted by atomic mass is 32.2. The second-order valence-corrected chi connectivity index (χ2v) is 6.21. The van der Waals surface area contributed by atoms with Gasteiger partial charge in [-0.1, -0.05) is 36.1 Å². The third-order valence-electron chi connectivity index (χ3n) is 2.78. The molecule has 0 atom stereocenters. The van der Waals surface area contributed by atoms with Gasteiger partial charge in [0.1, 0.15) is 23.2 Å². The van der Waals surface area contributed by atoms with Crippen LogP contribution >= 0.6 is 24.0 Å². The monoisotopic (exact) mass is 352 g/mol. The number of thioether (sulfide) groups is 1. The van der Waals surface area contributed by atoms with Crippen LogP contribution in [0.15, 0.2) is 29.2 Å². The number of carboxylic acid groups (broad SMARTS) is 1. The molecule has 1 aliphatic heterocycles. The summed E-state index contributed by atoms with van der Waals surface area (Å²) in [7, 11) is 0. The van der Waals surface area contributed by atoms with Crippen LogP contribution in [0.3, 0.4) is 0 Å². The number of benzene rings is 1. The van der Waals surface area contributed by atoms with Crippen molar-refractivity contribution in [1.29, 1.82) is 0 Å². The number of nitrogens with zero attached hydrogens (tertiary/aromatic N) is 1. The summed E-state index contributed by atoms with van der Waals surface area (Å²) in [5.41, 5.74) is 0.626. The lowest BCUT2D eigenvalue weighted by Crippen LogP contribution is -2.41. The minimum absolute atomic E-state index is 0.0716. The van der Waals surface area contributed by atoms with Crippen LogP contribution in [0, 0.1) is 0 Å². The van der Waals surface area contributed by atoms with Crippen LogP contribution in [0.25, 0.3) is 6.08 Å². The largest absolute Gasteiger partial charge is 0.508 e. The molecule has 0 spiro atoms. The Morgan fingerprint density at radius 1 is 1.39 bits per heavy atom. The van der Waals surface area contributed by atoms with Crippen LogP contribution < -0.4 is 5.32 Å². The maximum Gasteiger partial charge on any atom is 0.322 e. The van der Waals surface area contributed by atoms with Gasteiger partial charge in [-0.05, 0) is 23.8 Å². The van der Waals surface area contributed by atoms with E-state index in [4.69, 9.17) is 17.3 Å². The summed E-state index contributed by atoms with van der Waals surface area (Å²) in [6.45, 7) is -0.859. The highest BCUT2D eigenvalue weighted by Gasteiger charge is 2.33. The van der Waals surface area contributed by atoms with E-state index in [0.29, 0.717) is 10.5 Å². The van der Waals surface area contributed by atoms with Crippen molar-refractivity contribution in [2.75, 3.05) is 13.1 Å². The molecule has 3 N–H and O–H groups in total. The van der Waals surface area contributed by atoms with Crippen molar-refractivity contribution in [3.63, 3.8) is 0 Å². The van der Waals surface area contributed by atoms with Crippen molar-refractivity contribution < 1.29 is 24.6 Å². The Balaban J connectivity index is 2.08. The van der Waals surface area contributed by atoms with Gasteiger partial charge in [-0.2, -0.15) is 0 Å². The SMILES string of the molecule is O=C(O)CNC(=O)CN1C(=O)/C(=C/c2cccc(O)c2)SC1=S. The number of carboxylic acids is 1. The molecule has 1 aromatic carbocycles. The summed E-state index contributed by atoms with van der Waals surface area (Å²) >= 11 is 6.11. The Hall–Kier alpha value is -2.39. The Labute approximate surface area is 141 Å². The van der Waals surface area contributed by atoms with Crippen LogP contribution in [-0.2, 0) is 14.4 Å². The average Bonchev–Trinajstić information content (AvgIpc) is 2.73. The van der Waals surface area contributed by atoms with Gasteiger partial charge in [0.2, 0.25) is 5.91 Å². The molecule has 2 rings (SSSR count). The van der Waals surface area contributed by atoms with Crippen LogP contribution in [0.5, 0.6) is 5.75 Å². The van der Waals surface area contributed by atoms with Gasteiger partial charge in [0.05, 0.1) is 4.91 Å². The Morgan fingerprint density at radius 3 is 2.78 bits per heavy atom. The molecule has 0 bridgehead atoms. The number of hydrogen-bond acceptors (Lipinski definition) is 6. The number of nitrogens with one attached hydrogen (secondary N) is 1. The fourth-order valence-electron chi connectivity index (χ4n) is 1.78. The maximum absolute atomic E-state index is 12.3. The summed E-state index contributed by atoms with van der Waals surface area (Å²) < 4.78 is 0.215. The van der Waals surface area contributed by atoms with Crippen molar-refractivity contribution >= 4 is 52.2 Å². The normalized spacial score (nSPS) is 16.0. The lowest BCUT2D eigenvalue weighted by Gasteiger charge is -2.13. The summed E-state index contributed by atoms with van der Waals surface area (Å²) in [6.07, 6.45) is 1.56. The first-order chi connectivity index (χ1) is 10.9. The van der Waals surface area contributed by atoms with Gasteiger partial charge < -0.3 is 15.5 Å². The number of aliphatic carboxylic acids is 1. The van der Waals surface area contributed by atoms with Gasteiger partial charge in [-0.15, -0.1) is 0 Å². The highest BCUT2D eigenvalue weighted by molar-refractivity contribution is 8.26. The quantitative estimate of drug-likeness (QED) is 0.531. The summed E-state index contributed by atoms with van der Waals surface area (Å²) in [5, 5.41) is 20.1. The standard InChI is InChI=1S/C14H12N2O5S2/c17-9-3-1-2-8(4-9)5-10-13(21)16(14(22)23-10)7-11(18)15-6-12(19)20/h1-5,17H,6-7H2,(H,15,18)(H,19,20)/b10-5-. The molecular weight excluding hydrogens is 340 g/mol. The molecule has 0 aromatic heterocycles. The Kier molecular flexibility index (Phi) is 5.35. The van der Waals surface area contributed by atoms with Gasteiger partial charge >= 0.3 is 5.97 Å². The van der Waals surface area contributed by atoms with Crippen molar-refractivity contribution in [1.82, 2.24) is 10.2 Å². The van der Waals surface area contributed by atoms with E-state index in [0.717, 1.165) is 16.7 Å². The molecule has 2 amide bonds. The van der Waals surface area contributed by atoms with Crippen LogP contribution in [0.4, 0.5) is 0 Å². The molecule has 0 saturated carbocycles. The fraction of sp³-hybridized carbons (Fsp3) is 0.143. The number of rotatable bonds is 5. The van der Waals surface area contributed by atoms with Gasteiger partial charge in [0.25, 0.3) is 5.91 Å². The molecule has 1 heterocycles. The first-order valence-corrected chi connectivity index (χ1v) is 7.62. The molecule has 1 aromatic rings. The van der Waals surface area contributed by atoms with Crippen molar-refractivity contribution in [2.24, 2.45) is 0 Å². The number of carbonyl (C=O) groups is 3. The molecule has 7 nitrogen and oxygen atoms in total. The van der Waals surface area contributed by atoms with E-state index in [1.165, 1.54) is 12.1 Å². The maximum atomic E-state index is 12.3. The topological polar surface area (TPSA) is 107 Å². The van der Waals surface area contributed by atoms with E-state index >= 15 is 0 Å². The number of aromatic hydroxyl groups is 1. The molecule has 0 unspecified atom stereocenters. The number of carbonyl (C=O) groups excluding carboxylic acids is 2. The molecule has 23 heavy (non-hydrogen) atoms. The zero-order chi connectivity index (χ0) is 17.0. The van der Waals surface area contributed by atoms with E-state index in [1.807, 2.05) is 0 Å². The van der Waals surface area contributed by atoms with Gasteiger partial charge in [0.15, 0.2) is 0 Å². The van der Waals surface area contributed by atoms with Crippen molar-refractivity contribution in [3.05, 3.63) is 34.7 Å². The third-order valence-corrected chi connectivity index (χ3v) is 4.16. The van der Waals surface area contributed by atoms with Gasteiger partial charge in [-0.3, -0.25) is 19.3 Å². The van der Waals surface area contributed by atoms with Crippen molar-refractivity contribution in [2.45, 2.75) is 0 Å². The second kappa shape index (κ2) is 7.25. The van der Waals surface area contributed by atoms with E-state index in [-0.39, 0.29) is 16.6 Å². The van der Waals surface area contributed by atoms with Crippen molar-refractivity contribution in [3.8, 4) is 5.75 Å². The fourth-order valence-corrected chi connectivity index (χ4v) is 3.03. The van der Waals surface area contributed by atoms with E-state index < -0.39 is 24.3 Å². The Bertz CT molecular complexity index is 717. The predicted molar refractivity (Wildman–Crippen MR) is 88.6 cm³/mol. The number of phenols is 1. The number of hydrogen-bond donors (Lipinski definition) is 3. The molecule has 0 radical (unpaired) electrons. The molecule has 9 heteroatoms. The van der Waals surface area contributed by atoms with Crippen LogP contribution in [-0.4, -0.2) is 50.3 Å². The second-order valence-electron chi connectivity index (χ2n) is 4.53. The lowest BCUT2D eigenvalue weighted by molar-refractivity contribution is -0.138. The van der Waals surface area contributed by atoms with Gasteiger partial charge in [0, 0.05) is 0 Å². The third kappa shape index (κ3) is 4.54. The number of phenolic OH excluding ortho intramolecular Hbond substituents is 1. The van der Waals surface area contributed by atoms with E-state index in [1.54, 1.807) is 18.2 Å². The highest BCUT2D eigenvalue weighted by Crippen LogP contribution is 2.32. The number of thiocarbonyl (C=S) groups is 1. The zero-order valence-corrected chi connectivity index (χ0v) is 13.3. The Morgan fingerprint density at radius 2 is 2.13 bits per heavy atom. The molecule has 0 aliphatic carbocycles. The molecular formula is C14H12N2O5S2. The molecule has 1 fully saturated rings. The minimum Gasteiger partial charge on any atom is -0.508 e. The summed E-state index contributed by atoms with van der Waals surface area (Å²) in [4.78, 5) is 35.7. The van der Waals surface area contributed by atoms with E-state index in [2.05, 4.69) is 5.32 Å². The number of amides is 2. The zero-order valence-electron chi connectivity index (χ0n) is 11.7. The lowest BCUT2D eigenvalue weighted by atomic mass is 10.2. The summed E-state index contributed by atoms with van der Waals surface area (Å²) in [6, 6.07) is 6.36. The molecule has 120 valence electrons. The predicted octanol–water partition coefficient (Wildman–Crippen LogP) is 0.794. The average molecular weight is 352 g/mol. The first kappa shape index (κ1) is 17.0.